The number of ether oxygens (including phenoxy) is 1. The highest BCUT2D eigenvalue weighted by Gasteiger charge is 2.40. The Labute approximate surface area is 130 Å². The Hall–Kier alpha value is -1.02. The van der Waals surface area contributed by atoms with Gasteiger partial charge in [-0.15, -0.1) is 0 Å². The summed E-state index contributed by atoms with van der Waals surface area (Å²) in [6, 6.07) is 4.52. The molecule has 5 nitrogen and oxygen atoms in total. The minimum atomic E-state index is -3.81. The zero-order valence-electron chi connectivity index (χ0n) is 12.8. The SMILES string of the molecule is Cc1cccc(S(=O)(=O)N2CC[C@@H]3OCCN(C)[C@@H]3C2)c1F. The Bertz CT molecular complexity index is 665. The van der Waals surface area contributed by atoms with Crippen molar-refractivity contribution in [3.63, 3.8) is 0 Å². The lowest BCUT2D eigenvalue weighted by Crippen LogP contribution is -2.59. The van der Waals surface area contributed by atoms with Crippen molar-refractivity contribution in [2.75, 3.05) is 33.3 Å². The van der Waals surface area contributed by atoms with Gasteiger partial charge >= 0.3 is 0 Å². The van der Waals surface area contributed by atoms with Gasteiger partial charge in [0.2, 0.25) is 10.0 Å². The molecule has 2 atom stereocenters. The summed E-state index contributed by atoms with van der Waals surface area (Å²) in [5.74, 6) is -0.655. The molecule has 0 amide bonds. The van der Waals surface area contributed by atoms with E-state index in [4.69, 9.17) is 4.74 Å². The normalized spacial score (nSPS) is 27.6. The highest BCUT2D eigenvalue weighted by molar-refractivity contribution is 7.89. The molecule has 0 radical (unpaired) electrons. The Kier molecular flexibility index (Phi) is 4.24. The summed E-state index contributed by atoms with van der Waals surface area (Å²) in [6.45, 7) is 3.75. The molecular formula is C15H21FN2O3S. The van der Waals surface area contributed by atoms with Crippen molar-refractivity contribution in [1.29, 1.82) is 0 Å². The van der Waals surface area contributed by atoms with Crippen LogP contribution in [0, 0.1) is 12.7 Å². The van der Waals surface area contributed by atoms with Crippen molar-refractivity contribution < 1.29 is 17.5 Å². The van der Waals surface area contributed by atoms with Crippen molar-refractivity contribution >= 4 is 10.0 Å². The van der Waals surface area contributed by atoms with E-state index in [0.29, 0.717) is 31.7 Å². The van der Waals surface area contributed by atoms with Crippen LogP contribution in [0.1, 0.15) is 12.0 Å². The van der Waals surface area contributed by atoms with E-state index in [9.17, 15) is 12.8 Å². The first kappa shape index (κ1) is 15.9. The van der Waals surface area contributed by atoms with Gasteiger partial charge < -0.3 is 4.74 Å². The van der Waals surface area contributed by atoms with Crippen molar-refractivity contribution in [3.05, 3.63) is 29.6 Å². The average molecular weight is 328 g/mol. The van der Waals surface area contributed by atoms with Crippen LogP contribution in [0.3, 0.4) is 0 Å². The number of benzene rings is 1. The van der Waals surface area contributed by atoms with E-state index < -0.39 is 15.8 Å². The Balaban J connectivity index is 1.88. The first-order chi connectivity index (χ1) is 10.4. The van der Waals surface area contributed by atoms with Gasteiger partial charge in [-0.25, -0.2) is 12.8 Å². The van der Waals surface area contributed by atoms with Crippen LogP contribution in [0.15, 0.2) is 23.1 Å². The van der Waals surface area contributed by atoms with Gasteiger partial charge in [0.1, 0.15) is 10.7 Å². The quantitative estimate of drug-likeness (QED) is 0.819. The number of halogens is 1. The number of likely N-dealkylation sites (N-methyl/N-ethyl adjacent to an activating group) is 1. The van der Waals surface area contributed by atoms with Gasteiger partial charge in [0.05, 0.1) is 12.7 Å². The second-order valence-electron chi connectivity index (χ2n) is 6.00. The lowest BCUT2D eigenvalue weighted by molar-refractivity contribution is -0.0840. The molecule has 1 aromatic carbocycles. The lowest BCUT2D eigenvalue weighted by atomic mass is 10.0. The zero-order valence-corrected chi connectivity index (χ0v) is 13.6. The first-order valence-corrected chi connectivity index (χ1v) is 8.92. The molecule has 0 bridgehead atoms. The van der Waals surface area contributed by atoms with E-state index >= 15 is 0 Å². The van der Waals surface area contributed by atoms with Crippen molar-refractivity contribution in [1.82, 2.24) is 9.21 Å². The highest BCUT2D eigenvalue weighted by Crippen LogP contribution is 2.28. The van der Waals surface area contributed by atoms with Crippen molar-refractivity contribution in [2.24, 2.45) is 0 Å². The Morgan fingerprint density at radius 2 is 2.09 bits per heavy atom. The number of rotatable bonds is 2. The molecule has 1 aromatic rings. The lowest BCUT2D eigenvalue weighted by Gasteiger charge is -2.45. The molecule has 122 valence electrons. The molecule has 0 saturated carbocycles. The molecule has 0 N–H and O–H groups in total. The van der Waals surface area contributed by atoms with E-state index in [2.05, 4.69) is 4.90 Å². The Morgan fingerprint density at radius 3 is 2.86 bits per heavy atom. The van der Waals surface area contributed by atoms with Gasteiger partial charge in [0.25, 0.3) is 0 Å². The standard InChI is InChI=1S/C15H21FN2O3S/c1-11-4-3-5-14(15(11)16)22(19,20)18-7-6-13-12(10-18)17(2)8-9-21-13/h3-5,12-13H,6-10H2,1-2H3/t12-,13+/m1/s1. The van der Waals surface area contributed by atoms with Crippen LogP contribution in [0.25, 0.3) is 0 Å². The molecule has 3 rings (SSSR count). The molecule has 2 aliphatic heterocycles. The number of fused-ring (bicyclic) bond motifs is 1. The topological polar surface area (TPSA) is 49.9 Å². The predicted octanol–water partition coefficient (Wildman–Crippen LogP) is 1.23. The minimum absolute atomic E-state index is 0.0325. The van der Waals surface area contributed by atoms with E-state index in [0.717, 1.165) is 6.54 Å². The maximum absolute atomic E-state index is 14.2. The van der Waals surface area contributed by atoms with Gasteiger partial charge in [0.15, 0.2) is 0 Å². The second kappa shape index (κ2) is 5.88. The van der Waals surface area contributed by atoms with Crippen LogP contribution in [0.2, 0.25) is 0 Å². The van der Waals surface area contributed by atoms with Crippen LogP contribution in [-0.4, -0.2) is 63.1 Å². The summed E-state index contributed by atoms with van der Waals surface area (Å²) in [5, 5.41) is 0. The summed E-state index contributed by atoms with van der Waals surface area (Å²) in [5.41, 5.74) is 0.342. The van der Waals surface area contributed by atoms with E-state index in [-0.39, 0.29) is 17.0 Å². The number of nitrogens with zero attached hydrogens (tertiary/aromatic N) is 2. The fourth-order valence-electron chi connectivity index (χ4n) is 3.19. The summed E-state index contributed by atoms with van der Waals surface area (Å²) in [7, 11) is -1.84. The van der Waals surface area contributed by atoms with Gasteiger partial charge in [-0.3, -0.25) is 4.90 Å². The predicted molar refractivity (Wildman–Crippen MR) is 80.7 cm³/mol. The third-order valence-corrected chi connectivity index (χ3v) is 6.48. The number of hydrogen-bond donors (Lipinski definition) is 0. The monoisotopic (exact) mass is 328 g/mol. The van der Waals surface area contributed by atoms with Crippen molar-refractivity contribution in [3.8, 4) is 0 Å². The van der Waals surface area contributed by atoms with Crippen LogP contribution in [-0.2, 0) is 14.8 Å². The molecule has 2 saturated heterocycles. The summed E-state index contributed by atoms with van der Waals surface area (Å²) >= 11 is 0. The maximum atomic E-state index is 14.2. The van der Waals surface area contributed by atoms with E-state index in [1.807, 2.05) is 7.05 Å². The van der Waals surface area contributed by atoms with Crippen molar-refractivity contribution in [2.45, 2.75) is 30.4 Å². The number of piperidine rings is 1. The summed E-state index contributed by atoms with van der Waals surface area (Å²) in [4.78, 5) is 1.90. The molecule has 0 aromatic heterocycles. The Morgan fingerprint density at radius 1 is 1.32 bits per heavy atom. The fraction of sp³-hybridized carbons (Fsp3) is 0.600. The number of hydrogen-bond acceptors (Lipinski definition) is 4. The third-order valence-electron chi connectivity index (χ3n) is 4.60. The molecule has 22 heavy (non-hydrogen) atoms. The maximum Gasteiger partial charge on any atom is 0.246 e. The number of aryl methyl sites for hydroxylation is 1. The first-order valence-electron chi connectivity index (χ1n) is 7.48. The number of sulfonamides is 1. The smallest absolute Gasteiger partial charge is 0.246 e. The van der Waals surface area contributed by atoms with Crippen LogP contribution in [0.4, 0.5) is 4.39 Å². The molecule has 2 aliphatic rings. The van der Waals surface area contributed by atoms with Gasteiger partial charge in [-0.05, 0) is 32.0 Å². The van der Waals surface area contributed by atoms with E-state index in [1.54, 1.807) is 19.1 Å². The molecule has 2 fully saturated rings. The minimum Gasteiger partial charge on any atom is -0.375 e. The largest absolute Gasteiger partial charge is 0.375 e. The summed E-state index contributed by atoms with van der Waals surface area (Å²) < 4.78 is 46.9. The van der Waals surface area contributed by atoms with Crippen LogP contribution in [0.5, 0.6) is 0 Å². The van der Waals surface area contributed by atoms with Crippen LogP contribution < -0.4 is 0 Å². The fourth-order valence-corrected chi connectivity index (χ4v) is 4.80. The second-order valence-corrected chi connectivity index (χ2v) is 7.90. The van der Waals surface area contributed by atoms with Gasteiger partial charge in [-0.1, -0.05) is 12.1 Å². The zero-order chi connectivity index (χ0) is 15.9. The number of morpholine rings is 1. The summed E-state index contributed by atoms with van der Waals surface area (Å²) in [6.07, 6.45) is 0.703. The van der Waals surface area contributed by atoms with Crippen LogP contribution >= 0.6 is 0 Å². The average Bonchev–Trinajstić information content (AvgIpc) is 2.50. The molecular weight excluding hydrogens is 307 g/mol. The molecule has 0 spiro atoms. The molecule has 2 heterocycles. The van der Waals surface area contributed by atoms with Gasteiger partial charge in [-0.2, -0.15) is 4.31 Å². The molecule has 7 heteroatoms. The molecule has 0 unspecified atom stereocenters. The van der Waals surface area contributed by atoms with Gasteiger partial charge in [0, 0.05) is 25.7 Å². The molecule has 0 aliphatic carbocycles. The van der Waals surface area contributed by atoms with E-state index in [1.165, 1.54) is 10.4 Å². The third kappa shape index (κ3) is 2.67. The highest BCUT2D eigenvalue weighted by atomic mass is 32.2.